The molecule has 2 nitrogen and oxygen atoms in total. The number of benzene rings is 1. The van der Waals surface area contributed by atoms with Crippen molar-refractivity contribution < 1.29 is 4.74 Å². The van der Waals surface area contributed by atoms with Gasteiger partial charge in [0.1, 0.15) is 5.75 Å². The van der Waals surface area contributed by atoms with Gasteiger partial charge in [0.15, 0.2) is 0 Å². The number of ether oxygens (including phenoxy) is 1. The van der Waals surface area contributed by atoms with Gasteiger partial charge < -0.3 is 10.1 Å². The Kier molecular flexibility index (Phi) is 5.18. The van der Waals surface area contributed by atoms with Crippen molar-refractivity contribution in [2.45, 2.75) is 70.4 Å². The van der Waals surface area contributed by atoms with Crippen LogP contribution in [-0.4, -0.2) is 12.6 Å². The van der Waals surface area contributed by atoms with Crippen molar-refractivity contribution in [2.24, 2.45) is 5.92 Å². The second kappa shape index (κ2) is 7.31. The molecule has 21 heavy (non-hydrogen) atoms. The van der Waals surface area contributed by atoms with Crippen LogP contribution in [0.5, 0.6) is 5.75 Å². The fraction of sp³-hybridized carbons (Fsp3) is 0.684. The number of nitrogens with one attached hydrogen (secondary N) is 1. The molecular formula is C19H29NO. The van der Waals surface area contributed by atoms with Crippen LogP contribution in [0.1, 0.15) is 69.9 Å². The Balaban J connectivity index is 1.69. The maximum atomic E-state index is 5.87. The smallest absolute Gasteiger partial charge is 0.119 e. The second-order valence-corrected chi connectivity index (χ2v) is 6.67. The quantitative estimate of drug-likeness (QED) is 0.755. The molecule has 2 aliphatic carbocycles. The van der Waals surface area contributed by atoms with Gasteiger partial charge in [-0.05, 0) is 55.8 Å². The van der Waals surface area contributed by atoms with Gasteiger partial charge in [-0.15, -0.1) is 0 Å². The normalized spacial score (nSPS) is 21.8. The standard InChI is InChI=1S/C19H29NO/c1-2-20-19(15-7-5-3-4-6-8-15)16-9-11-17(12-10-16)21-18-13-14-18/h9-12,15,18-20H,2-8,13-14H2,1H3. The first-order chi connectivity index (χ1) is 10.4. The van der Waals surface area contributed by atoms with Crippen molar-refractivity contribution in [3.05, 3.63) is 29.8 Å². The van der Waals surface area contributed by atoms with Crippen LogP contribution in [-0.2, 0) is 0 Å². The minimum Gasteiger partial charge on any atom is -0.490 e. The molecule has 1 aromatic carbocycles. The van der Waals surface area contributed by atoms with Crippen molar-refractivity contribution in [3.63, 3.8) is 0 Å². The Morgan fingerprint density at radius 2 is 1.67 bits per heavy atom. The highest BCUT2D eigenvalue weighted by Gasteiger charge is 2.25. The summed E-state index contributed by atoms with van der Waals surface area (Å²) in [5.74, 6) is 1.83. The SMILES string of the molecule is CCNC(c1ccc(OC2CC2)cc1)C1CCCCCC1. The molecule has 1 N–H and O–H groups in total. The molecule has 2 aliphatic rings. The van der Waals surface area contributed by atoms with Crippen LogP contribution in [0, 0.1) is 5.92 Å². The van der Waals surface area contributed by atoms with E-state index in [1.54, 1.807) is 0 Å². The summed E-state index contributed by atoms with van der Waals surface area (Å²) in [6.45, 7) is 3.26. The van der Waals surface area contributed by atoms with Gasteiger partial charge >= 0.3 is 0 Å². The van der Waals surface area contributed by atoms with Crippen LogP contribution in [0.4, 0.5) is 0 Å². The summed E-state index contributed by atoms with van der Waals surface area (Å²) in [6.07, 6.45) is 11.3. The van der Waals surface area contributed by atoms with Crippen LogP contribution in [0.25, 0.3) is 0 Å². The molecule has 0 aliphatic heterocycles. The first-order valence-electron chi connectivity index (χ1n) is 8.87. The third-order valence-electron chi connectivity index (χ3n) is 4.86. The van der Waals surface area contributed by atoms with E-state index < -0.39 is 0 Å². The molecule has 0 heterocycles. The van der Waals surface area contributed by atoms with E-state index in [0.717, 1.165) is 18.2 Å². The zero-order valence-corrected chi connectivity index (χ0v) is 13.3. The van der Waals surface area contributed by atoms with E-state index in [-0.39, 0.29) is 0 Å². The van der Waals surface area contributed by atoms with Gasteiger partial charge in [-0.25, -0.2) is 0 Å². The fourth-order valence-corrected chi connectivity index (χ4v) is 3.55. The van der Waals surface area contributed by atoms with Crippen molar-refractivity contribution in [1.29, 1.82) is 0 Å². The lowest BCUT2D eigenvalue weighted by molar-refractivity contribution is 0.302. The van der Waals surface area contributed by atoms with E-state index in [9.17, 15) is 0 Å². The summed E-state index contributed by atoms with van der Waals surface area (Å²) in [4.78, 5) is 0. The molecule has 2 fully saturated rings. The van der Waals surface area contributed by atoms with E-state index in [4.69, 9.17) is 4.74 Å². The Labute approximate surface area is 129 Å². The van der Waals surface area contributed by atoms with Gasteiger partial charge in [-0.3, -0.25) is 0 Å². The largest absolute Gasteiger partial charge is 0.490 e. The van der Waals surface area contributed by atoms with E-state index in [0.29, 0.717) is 12.1 Å². The van der Waals surface area contributed by atoms with Crippen molar-refractivity contribution in [1.82, 2.24) is 5.32 Å². The summed E-state index contributed by atoms with van der Waals surface area (Å²) < 4.78 is 5.87. The van der Waals surface area contributed by atoms with Gasteiger partial charge in [0.2, 0.25) is 0 Å². The highest BCUT2D eigenvalue weighted by atomic mass is 16.5. The van der Waals surface area contributed by atoms with E-state index in [2.05, 4.69) is 36.5 Å². The van der Waals surface area contributed by atoms with E-state index in [1.807, 2.05) is 0 Å². The molecule has 0 aromatic heterocycles. The molecule has 2 heteroatoms. The second-order valence-electron chi connectivity index (χ2n) is 6.67. The maximum absolute atomic E-state index is 5.87. The Morgan fingerprint density at radius 1 is 1.00 bits per heavy atom. The molecule has 1 atom stereocenters. The lowest BCUT2D eigenvalue weighted by atomic mass is 9.87. The van der Waals surface area contributed by atoms with Gasteiger partial charge in [0.25, 0.3) is 0 Å². The molecule has 0 radical (unpaired) electrons. The van der Waals surface area contributed by atoms with Gasteiger partial charge in [-0.2, -0.15) is 0 Å². The van der Waals surface area contributed by atoms with Crippen LogP contribution < -0.4 is 10.1 Å². The highest BCUT2D eigenvalue weighted by molar-refractivity contribution is 5.30. The van der Waals surface area contributed by atoms with Crippen LogP contribution in [0.15, 0.2) is 24.3 Å². The number of rotatable bonds is 6. The van der Waals surface area contributed by atoms with E-state index >= 15 is 0 Å². The zero-order chi connectivity index (χ0) is 14.5. The van der Waals surface area contributed by atoms with Gasteiger partial charge in [-0.1, -0.05) is 44.7 Å². The summed E-state index contributed by atoms with van der Waals surface area (Å²) in [6, 6.07) is 9.39. The predicted molar refractivity (Wildman–Crippen MR) is 87.7 cm³/mol. The van der Waals surface area contributed by atoms with Crippen LogP contribution in [0.3, 0.4) is 0 Å². The van der Waals surface area contributed by atoms with Gasteiger partial charge in [0, 0.05) is 6.04 Å². The van der Waals surface area contributed by atoms with Crippen molar-refractivity contribution in [3.8, 4) is 5.75 Å². The van der Waals surface area contributed by atoms with Crippen LogP contribution >= 0.6 is 0 Å². The monoisotopic (exact) mass is 287 g/mol. The molecule has 1 aromatic rings. The molecular weight excluding hydrogens is 258 g/mol. The first-order valence-corrected chi connectivity index (χ1v) is 8.87. The summed E-state index contributed by atoms with van der Waals surface area (Å²) in [7, 11) is 0. The molecule has 1 unspecified atom stereocenters. The number of hydrogen-bond acceptors (Lipinski definition) is 2. The Morgan fingerprint density at radius 3 is 2.24 bits per heavy atom. The van der Waals surface area contributed by atoms with Gasteiger partial charge in [0.05, 0.1) is 6.10 Å². The fourth-order valence-electron chi connectivity index (χ4n) is 3.55. The van der Waals surface area contributed by atoms with E-state index in [1.165, 1.54) is 56.9 Å². The molecule has 116 valence electrons. The molecule has 0 amide bonds. The lowest BCUT2D eigenvalue weighted by Crippen LogP contribution is -2.28. The molecule has 0 bridgehead atoms. The maximum Gasteiger partial charge on any atom is 0.119 e. The molecule has 2 saturated carbocycles. The lowest BCUT2D eigenvalue weighted by Gasteiger charge is -2.27. The molecule has 0 spiro atoms. The Hall–Kier alpha value is -1.02. The van der Waals surface area contributed by atoms with Crippen LogP contribution in [0.2, 0.25) is 0 Å². The third-order valence-corrected chi connectivity index (χ3v) is 4.86. The summed E-state index contributed by atoms with van der Waals surface area (Å²) in [5, 5.41) is 3.73. The minimum atomic E-state index is 0.488. The van der Waals surface area contributed by atoms with Crippen molar-refractivity contribution in [2.75, 3.05) is 6.54 Å². The van der Waals surface area contributed by atoms with Crippen molar-refractivity contribution >= 4 is 0 Å². The average Bonchev–Trinajstić information content (AvgIpc) is 3.32. The molecule has 3 rings (SSSR count). The average molecular weight is 287 g/mol. The first kappa shape index (κ1) is 14.9. The highest BCUT2D eigenvalue weighted by Crippen LogP contribution is 2.34. The summed E-state index contributed by atoms with van der Waals surface area (Å²) >= 11 is 0. The minimum absolute atomic E-state index is 0.488. The number of hydrogen-bond donors (Lipinski definition) is 1. The zero-order valence-electron chi connectivity index (χ0n) is 13.3. The third kappa shape index (κ3) is 4.23. The Bertz CT molecular complexity index is 416. The topological polar surface area (TPSA) is 21.3 Å². The predicted octanol–water partition coefficient (Wildman–Crippen LogP) is 4.85. The molecule has 0 saturated heterocycles. The summed E-state index contributed by atoms with van der Waals surface area (Å²) in [5.41, 5.74) is 1.44.